The number of hydrogen-bond acceptors (Lipinski definition) is 2. The second-order valence-electron chi connectivity index (χ2n) is 6.29. The largest absolute Gasteiger partial charge is 0.483 e. The van der Waals surface area contributed by atoms with Crippen LogP contribution in [0, 0.1) is 20.8 Å². The van der Waals surface area contributed by atoms with Crippen molar-refractivity contribution in [2.45, 2.75) is 47.0 Å². The monoisotopic (exact) mass is 325 g/mol. The molecule has 0 heterocycles. The molecule has 0 fully saturated rings. The lowest BCUT2D eigenvalue weighted by Crippen LogP contribution is -2.20. The highest BCUT2D eigenvalue weighted by molar-refractivity contribution is 5.91. The quantitative estimate of drug-likeness (QED) is 0.780. The molecule has 0 saturated carbocycles. The van der Waals surface area contributed by atoms with E-state index in [9.17, 15) is 4.79 Å². The molecular weight excluding hydrogens is 298 g/mol. The number of nitrogens with one attached hydrogen (secondary N) is 1. The van der Waals surface area contributed by atoms with E-state index in [1.54, 1.807) is 0 Å². The molecule has 0 radical (unpaired) electrons. The zero-order valence-corrected chi connectivity index (χ0v) is 15.1. The van der Waals surface area contributed by atoms with Crippen LogP contribution in [0.2, 0.25) is 0 Å². The average Bonchev–Trinajstić information content (AvgIpc) is 2.57. The van der Waals surface area contributed by atoms with Crippen LogP contribution in [0.25, 0.3) is 0 Å². The van der Waals surface area contributed by atoms with Gasteiger partial charge in [0.2, 0.25) is 0 Å². The van der Waals surface area contributed by atoms with Gasteiger partial charge >= 0.3 is 0 Å². The number of aryl methyl sites for hydroxylation is 3. The second kappa shape index (κ2) is 8.53. The summed E-state index contributed by atoms with van der Waals surface area (Å²) in [5.41, 5.74) is 5.41. The third-order valence-electron chi connectivity index (χ3n) is 4.28. The highest BCUT2D eigenvalue weighted by Crippen LogP contribution is 2.25. The van der Waals surface area contributed by atoms with Crippen molar-refractivity contribution in [3.05, 3.63) is 58.7 Å². The van der Waals surface area contributed by atoms with Crippen molar-refractivity contribution >= 4 is 11.6 Å². The van der Waals surface area contributed by atoms with E-state index in [-0.39, 0.29) is 12.5 Å². The van der Waals surface area contributed by atoms with Gasteiger partial charge in [-0.2, -0.15) is 0 Å². The molecule has 3 nitrogen and oxygen atoms in total. The van der Waals surface area contributed by atoms with E-state index in [1.165, 1.54) is 24.0 Å². The molecule has 0 spiro atoms. The summed E-state index contributed by atoms with van der Waals surface area (Å²) in [5.74, 6) is 0.664. The molecule has 0 atom stereocenters. The Morgan fingerprint density at radius 1 is 1.00 bits per heavy atom. The SMILES string of the molecule is CCCCc1ccc(NC(=O)COc2c(C)ccc(C)c2C)cc1. The summed E-state index contributed by atoms with van der Waals surface area (Å²) in [6.45, 7) is 8.26. The van der Waals surface area contributed by atoms with Crippen LogP contribution in [0.4, 0.5) is 5.69 Å². The Kier molecular flexibility index (Phi) is 6.42. The van der Waals surface area contributed by atoms with Gasteiger partial charge in [-0.05, 0) is 68.0 Å². The molecule has 24 heavy (non-hydrogen) atoms. The van der Waals surface area contributed by atoms with Gasteiger partial charge in [-0.25, -0.2) is 0 Å². The Morgan fingerprint density at radius 2 is 1.67 bits per heavy atom. The van der Waals surface area contributed by atoms with Crippen LogP contribution in [0.15, 0.2) is 36.4 Å². The van der Waals surface area contributed by atoms with Crippen LogP contribution >= 0.6 is 0 Å². The van der Waals surface area contributed by atoms with Gasteiger partial charge in [-0.15, -0.1) is 0 Å². The third-order valence-corrected chi connectivity index (χ3v) is 4.28. The maximum absolute atomic E-state index is 12.1. The first-order valence-corrected chi connectivity index (χ1v) is 8.59. The van der Waals surface area contributed by atoms with E-state index in [2.05, 4.69) is 30.4 Å². The number of carbonyl (C=O) groups is 1. The Bertz CT molecular complexity index is 690. The molecule has 0 saturated heterocycles. The van der Waals surface area contributed by atoms with E-state index in [1.807, 2.05) is 39.0 Å². The van der Waals surface area contributed by atoms with Gasteiger partial charge in [0.05, 0.1) is 0 Å². The van der Waals surface area contributed by atoms with E-state index >= 15 is 0 Å². The van der Waals surface area contributed by atoms with Gasteiger partial charge in [0.15, 0.2) is 6.61 Å². The minimum absolute atomic E-state index is 0.0166. The molecule has 0 unspecified atom stereocenters. The maximum Gasteiger partial charge on any atom is 0.262 e. The Hall–Kier alpha value is -2.29. The molecule has 0 aliphatic rings. The van der Waals surface area contributed by atoms with Crippen molar-refractivity contribution in [1.29, 1.82) is 0 Å². The zero-order chi connectivity index (χ0) is 17.5. The Labute approximate surface area is 145 Å². The predicted octanol–water partition coefficient (Wildman–Crippen LogP) is 4.97. The number of ether oxygens (including phenoxy) is 1. The van der Waals surface area contributed by atoms with Crippen molar-refractivity contribution in [2.75, 3.05) is 11.9 Å². The third kappa shape index (κ3) is 4.85. The van der Waals surface area contributed by atoms with Crippen molar-refractivity contribution in [3.63, 3.8) is 0 Å². The number of rotatable bonds is 7. The highest BCUT2D eigenvalue weighted by Gasteiger charge is 2.09. The lowest BCUT2D eigenvalue weighted by atomic mass is 10.1. The van der Waals surface area contributed by atoms with E-state index in [0.29, 0.717) is 0 Å². The zero-order valence-electron chi connectivity index (χ0n) is 15.1. The van der Waals surface area contributed by atoms with Gasteiger partial charge < -0.3 is 10.1 Å². The number of amides is 1. The van der Waals surface area contributed by atoms with Crippen molar-refractivity contribution in [1.82, 2.24) is 0 Å². The molecule has 0 bridgehead atoms. The predicted molar refractivity (Wildman–Crippen MR) is 99.8 cm³/mol. The lowest BCUT2D eigenvalue weighted by Gasteiger charge is -2.14. The first kappa shape index (κ1) is 18.1. The molecular formula is C21H27NO2. The highest BCUT2D eigenvalue weighted by atomic mass is 16.5. The van der Waals surface area contributed by atoms with E-state index < -0.39 is 0 Å². The summed E-state index contributed by atoms with van der Waals surface area (Å²) >= 11 is 0. The van der Waals surface area contributed by atoms with Gasteiger partial charge in [-0.3, -0.25) is 4.79 Å². The molecule has 0 aliphatic heterocycles. The van der Waals surface area contributed by atoms with E-state index in [4.69, 9.17) is 4.74 Å². The number of unbranched alkanes of at least 4 members (excludes halogenated alkanes) is 1. The van der Waals surface area contributed by atoms with Gasteiger partial charge in [0.25, 0.3) is 5.91 Å². The van der Waals surface area contributed by atoms with Gasteiger partial charge in [-0.1, -0.05) is 37.6 Å². The molecule has 1 amide bonds. The number of carbonyl (C=O) groups excluding carboxylic acids is 1. The fourth-order valence-corrected chi connectivity index (χ4v) is 2.62. The Morgan fingerprint density at radius 3 is 2.33 bits per heavy atom. The summed E-state index contributed by atoms with van der Waals surface area (Å²) in [5, 5.41) is 2.89. The molecule has 0 aliphatic carbocycles. The van der Waals surface area contributed by atoms with Crippen LogP contribution in [0.5, 0.6) is 5.75 Å². The van der Waals surface area contributed by atoms with Crippen molar-refractivity contribution < 1.29 is 9.53 Å². The maximum atomic E-state index is 12.1. The minimum Gasteiger partial charge on any atom is -0.483 e. The summed E-state index contributed by atoms with van der Waals surface area (Å²) in [4.78, 5) is 12.1. The summed E-state index contributed by atoms with van der Waals surface area (Å²) < 4.78 is 5.75. The van der Waals surface area contributed by atoms with E-state index in [0.717, 1.165) is 29.0 Å². The van der Waals surface area contributed by atoms with Crippen LogP contribution in [-0.2, 0) is 11.2 Å². The smallest absolute Gasteiger partial charge is 0.262 e. The van der Waals surface area contributed by atoms with Gasteiger partial charge in [0.1, 0.15) is 5.75 Å². The number of anilines is 1. The number of hydrogen-bond donors (Lipinski definition) is 1. The molecule has 2 rings (SSSR count). The molecule has 1 N–H and O–H groups in total. The lowest BCUT2D eigenvalue weighted by molar-refractivity contribution is -0.118. The topological polar surface area (TPSA) is 38.3 Å². The first-order valence-electron chi connectivity index (χ1n) is 8.59. The molecule has 3 heteroatoms. The van der Waals surface area contributed by atoms with Crippen LogP contribution in [-0.4, -0.2) is 12.5 Å². The minimum atomic E-state index is -0.142. The second-order valence-corrected chi connectivity index (χ2v) is 6.29. The summed E-state index contributed by atoms with van der Waals surface area (Å²) in [6, 6.07) is 12.1. The number of benzene rings is 2. The fourth-order valence-electron chi connectivity index (χ4n) is 2.62. The fraction of sp³-hybridized carbons (Fsp3) is 0.381. The Balaban J connectivity index is 1.91. The summed E-state index contributed by atoms with van der Waals surface area (Å²) in [7, 11) is 0. The molecule has 2 aromatic rings. The standard InChI is InChI=1S/C21H27NO2/c1-5-6-7-18-10-12-19(13-11-18)22-20(23)14-24-21-16(3)9-8-15(2)17(21)4/h8-13H,5-7,14H2,1-4H3,(H,22,23). The molecule has 2 aromatic carbocycles. The van der Waals surface area contributed by atoms with Crippen molar-refractivity contribution in [2.24, 2.45) is 0 Å². The average molecular weight is 325 g/mol. The van der Waals surface area contributed by atoms with Gasteiger partial charge in [0, 0.05) is 5.69 Å². The van der Waals surface area contributed by atoms with Crippen LogP contribution in [0.3, 0.4) is 0 Å². The summed E-state index contributed by atoms with van der Waals surface area (Å²) in [6.07, 6.45) is 3.46. The van der Waals surface area contributed by atoms with Crippen LogP contribution in [0.1, 0.15) is 42.0 Å². The van der Waals surface area contributed by atoms with Crippen molar-refractivity contribution in [3.8, 4) is 5.75 Å². The molecule has 128 valence electrons. The first-order chi connectivity index (χ1) is 11.5. The van der Waals surface area contributed by atoms with Crippen LogP contribution < -0.4 is 10.1 Å². The molecule has 0 aromatic heterocycles. The normalized spacial score (nSPS) is 10.5.